The predicted molar refractivity (Wildman–Crippen MR) is 85.5 cm³/mol. The van der Waals surface area contributed by atoms with Crippen molar-refractivity contribution in [2.24, 2.45) is 0 Å². The zero-order valence-electron chi connectivity index (χ0n) is 13.6. The molecule has 1 saturated carbocycles. The first kappa shape index (κ1) is 14.8. The Balaban J connectivity index is 1.62. The third-order valence-corrected chi connectivity index (χ3v) is 4.18. The highest BCUT2D eigenvalue weighted by Crippen LogP contribution is 2.40. The Bertz CT molecular complexity index is 881. The summed E-state index contributed by atoms with van der Waals surface area (Å²) in [4.78, 5) is 21.2. The molecule has 3 heterocycles. The summed E-state index contributed by atoms with van der Waals surface area (Å²) in [5, 5.41) is 11.7. The van der Waals surface area contributed by atoms with Gasteiger partial charge >= 0.3 is 0 Å². The van der Waals surface area contributed by atoms with Crippen LogP contribution in [0.2, 0.25) is 0 Å². The maximum Gasteiger partial charge on any atom is 0.259 e. The van der Waals surface area contributed by atoms with E-state index in [1.54, 1.807) is 11.0 Å². The minimum Gasteiger partial charge on any atom is -0.348 e. The van der Waals surface area contributed by atoms with Gasteiger partial charge in [-0.15, -0.1) is 0 Å². The summed E-state index contributed by atoms with van der Waals surface area (Å²) in [5.74, 6) is 0.280. The monoisotopic (exact) mass is 326 g/mol. The Morgan fingerprint density at radius 2 is 2.33 bits per heavy atom. The molecule has 24 heavy (non-hydrogen) atoms. The van der Waals surface area contributed by atoms with Crippen molar-refractivity contribution in [3.05, 3.63) is 35.7 Å². The number of pyridine rings is 1. The first-order valence-electron chi connectivity index (χ1n) is 8.02. The lowest BCUT2D eigenvalue weighted by Crippen LogP contribution is -2.36. The molecule has 1 aliphatic rings. The third kappa shape index (κ3) is 2.75. The quantitative estimate of drug-likeness (QED) is 0.768. The molecule has 1 aliphatic carbocycles. The van der Waals surface area contributed by atoms with Crippen LogP contribution < -0.4 is 5.32 Å². The number of aromatic nitrogens is 5. The molecule has 3 aromatic heterocycles. The van der Waals surface area contributed by atoms with E-state index in [2.05, 4.69) is 25.5 Å². The molecule has 0 radical (unpaired) electrons. The summed E-state index contributed by atoms with van der Waals surface area (Å²) in [7, 11) is 0. The van der Waals surface area contributed by atoms with Crippen molar-refractivity contribution in [3.8, 4) is 0 Å². The first-order chi connectivity index (χ1) is 11.6. The van der Waals surface area contributed by atoms with Gasteiger partial charge in [-0.25, -0.2) is 9.97 Å². The fourth-order valence-corrected chi connectivity index (χ4v) is 2.84. The molecule has 8 heteroatoms. The highest BCUT2D eigenvalue weighted by Gasteiger charge is 2.28. The summed E-state index contributed by atoms with van der Waals surface area (Å²) in [6.45, 7) is 4.30. The van der Waals surface area contributed by atoms with Crippen LogP contribution in [-0.4, -0.2) is 36.9 Å². The molecule has 0 aliphatic heterocycles. The Hall–Kier alpha value is -2.77. The number of rotatable bonds is 5. The van der Waals surface area contributed by atoms with Crippen molar-refractivity contribution in [2.45, 2.75) is 45.2 Å². The molecule has 124 valence electrons. The molecular weight excluding hydrogens is 308 g/mol. The lowest BCUT2D eigenvalue weighted by atomic mass is 10.1. The van der Waals surface area contributed by atoms with Crippen molar-refractivity contribution < 1.29 is 9.32 Å². The summed E-state index contributed by atoms with van der Waals surface area (Å²) in [6, 6.07) is 1.79. The minimum atomic E-state index is -0.150. The number of fused-ring (bicyclic) bond motifs is 1. The van der Waals surface area contributed by atoms with Crippen LogP contribution in [0.3, 0.4) is 0 Å². The zero-order chi connectivity index (χ0) is 16.7. The lowest BCUT2D eigenvalue weighted by molar-refractivity contribution is 0.0937. The van der Waals surface area contributed by atoms with Gasteiger partial charge in [-0.2, -0.15) is 5.10 Å². The SMILES string of the molecule is Cc1noc2nc(C3CC3)cc(C(=O)N[C@@H](C)Cn3cncn3)c12. The molecule has 1 amide bonds. The van der Waals surface area contributed by atoms with E-state index in [0.29, 0.717) is 34.8 Å². The van der Waals surface area contributed by atoms with Gasteiger partial charge in [-0.05, 0) is 32.8 Å². The predicted octanol–water partition coefficient (Wildman–Crippen LogP) is 1.82. The van der Waals surface area contributed by atoms with Crippen molar-refractivity contribution in [3.63, 3.8) is 0 Å². The number of hydrogen-bond donors (Lipinski definition) is 1. The summed E-state index contributed by atoms with van der Waals surface area (Å²) >= 11 is 0. The highest BCUT2D eigenvalue weighted by atomic mass is 16.5. The smallest absolute Gasteiger partial charge is 0.259 e. The highest BCUT2D eigenvalue weighted by molar-refractivity contribution is 6.06. The molecule has 0 saturated heterocycles. The number of nitrogens with one attached hydrogen (secondary N) is 1. The molecular formula is C16H18N6O2. The second-order valence-corrected chi connectivity index (χ2v) is 6.31. The topological polar surface area (TPSA) is 98.7 Å². The Kier molecular flexibility index (Phi) is 3.51. The largest absolute Gasteiger partial charge is 0.348 e. The number of carbonyl (C=O) groups is 1. The fraction of sp³-hybridized carbons (Fsp3) is 0.438. The van der Waals surface area contributed by atoms with E-state index < -0.39 is 0 Å². The Morgan fingerprint density at radius 1 is 1.50 bits per heavy atom. The van der Waals surface area contributed by atoms with Crippen LogP contribution in [0.15, 0.2) is 23.2 Å². The second kappa shape index (κ2) is 5.70. The van der Waals surface area contributed by atoms with E-state index in [9.17, 15) is 4.79 Å². The zero-order valence-corrected chi connectivity index (χ0v) is 13.6. The van der Waals surface area contributed by atoms with Crippen molar-refractivity contribution in [1.29, 1.82) is 0 Å². The van der Waals surface area contributed by atoms with E-state index in [1.807, 2.05) is 19.9 Å². The van der Waals surface area contributed by atoms with Crippen LogP contribution in [0.4, 0.5) is 0 Å². The molecule has 0 bridgehead atoms. The van der Waals surface area contributed by atoms with E-state index in [1.165, 1.54) is 6.33 Å². The average molecular weight is 326 g/mol. The molecule has 0 aromatic carbocycles. The maximum atomic E-state index is 12.8. The lowest BCUT2D eigenvalue weighted by Gasteiger charge is -2.14. The van der Waals surface area contributed by atoms with E-state index in [0.717, 1.165) is 18.5 Å². The fourth-order valence-electron chi connectivity index (χ4n) is 2.84. The van der Waals surface area contributed by atoms with Gasteiger partial charge in [0.1, 0.15) is 12.7 Å². The van der Waals surface area contributed by atoms with Gasteiger partial charge in [0.15, 0.2) is 0 Å². The molecule has 1 fully saturated rings. The van der Waals surface area contributed by atoms with Crippen molar-refractivity contribution in [1.82, 2.24) is 30.2 Å². The standard InChI is InChI=1S/C16H18N6O2/c1-9(6-22-8-17-7-18-22)19-15(23)12-5-13(11-3-4-11)20-16-14(12)10(2)21-24-16/h5,7-9,11H,3-4,6H2,1-2H3,(H,19,23)/t9-/m0/s1. The van der Waals surface area contributed by atoms with Gasteiger partial charge < -0.3 is 9.84 Å². The van der Waals surface area contributed by atoms with Gasteiger partial charge in [0.05, 0.1) is 23.2 Å². The van der Waals surface area contributed by atoms with Crippen molar-refractivity contribution in [2.75, 3.05) is 0 Å². The van der Waals surface area contributed by atoms with E-state index in [4.69, 9.17) is 4.52 Å². The molecule has 0 spiro atoms. The molecule has 0 unspecified atom stereocenters. The molecule has 1 N–H and O–H groups in total. The summed E-state index contributed by atoms with van der Waals surface area (Å²) < 4.78 is 6.97. The van der Waals surface area contributed by atoms with Crippen LogP contribution in [0, 0.1) is 6.92 Å². The molecule has 3 aromatic rings. The van der Waals surface area contributed by atoms with Crippen LogP contribution in [0.1, 0.15) is 47.4 Å². The maximum absolute atomic E-state index is 12.8. The van der Waals surface area contributed by atoms with Gasteiger partial charge in [0.2, 0.25) is 0 Å². The number of hydrogen-bond acceptors (Lipinski definition) is 6. The molecule has 8 nitrogen and oxygen atoms in total. The minimum absolute atomic E-state index is 0.0908. The van der Waals surface area contributed by atoms with Crippen LogP contribution >= 0.6 is 0 Å². The molecule has 1 atom stereocenters. The van der Waals surface area contributed by atoms with E-state index in [-0.39, 0.29) is 11.9 Å². The average Bonchev–Trinajstić information content (AvgIpc) is 3.17. The van der Waals surface area contributed by atoms with E-state index >= 15 is 0 Å². The summed E-state index contributed by atoms with van der Waals surface area (Å²) in [5.41, 5.74) is 2.60. The van der Waals surface area contributed by atoms with Gasteiger partial charge in [0, 0.05) is 17.7 Å². The number of nitrogens with zero attached hydrogens (tertiary/aromatic N) is 5. The van der Waals surface area contributed by atoms with Crippen LogP contribution in [-0.2, 0) is 6.54 Å². The second-order valence-electron chi connectivity index (χ2n) is 6.31. The first-order valence-corrected chi connectivity index (χ1v) is 8.02. The number of aryl methyl sites for hydroxylation is 1. The summed E-state index contributed by atoms with van der Waals surface area (Å²) in [6.07, 6.45) is 5.32. The van der Waals surface area contributed by atoms with Crippen molar-refractivity contribution >= 4 is 17.0 Å². The molecule has 4 rings (SSSR count). The van der Waals surface area contributed by atoms with Gasteiger partial charge in [0.25, 0.3) is 11.6 Å². The normalized spacial score (nSPS) is 15.6. The number of carbonyl (C=O) groups excluding carboxylic acids is 1. The third-order valence-electron chi connectivity index (χ3n) is 4.18. The van der Waals surface area contributed by atoms with Gasteiger partial charge in [-0.3, -0.25) is 9.48 Å². The van der Waals surface area contributed by atoms with Gasteiger partial charge in [-0.1, -0.05) is 5.16 Å². The van der Waals surface area contributed by atoms with Crippen LogP contribution in [0.25, 0.3) is 11.1 Å². The number of amides is 1. The Morgan fingerprint density at radius 3 is 3.04 bits per heavy atom. The van der Waals surface area contributed by atoms with Crippen LogP contribution in [0.5, 0.6) is 0 Å². The Labute approximate surface area is 138 Å².